The number of hydrogen-bond donors (Lipinski definition) is 2. The average Bonchev–Trinajstić information content (AvgIpc) is 3.56. The number of methoxy groups -OCH3 is 1. The fourth-order valence-corrected chi connectivity index (χ4v) is 4.57. The molecule has 2 aromatic carbocycles. The van der Waals surface area contributed by atoms with Crippen LogP contribution in [0.2, 0.25) is 0 Å². The summed E-state index contributed by atoms with van der Waals surface area (Å²) in [6.45, 7) is 4.58. The number of fused-ring (bicyclic) bond motifs is 1. The number of carbonyl (C=O) groups is 1. The summed E-state index contributed by atoms with van der Waals surface area (Å²) in [6, 6.07) is 20.7. The molecule has 37 heavy (non-hydrogen) atoms. The topological polar surface area (TPSA) is 107 Å². The Hall–Kier alpha value is -4.50. The number of pyridine rings is 1. The molecule has 9 nitrogen and oxygen atoms in total. The summed E-state index contributed by atoms with van der Waals surface area (Å²) < 4.78 is 8.83. The second-order valence-electron chi connectivity index (χ2n) is 8.59. The minimum atomic E-state index is -1.51. The maximum atomic E-state index is 13.2. The van der Waals surface area contributed by atoms with Crippen molar-refractivity contribution < 1.29 is 14.6 Å². The lowest BCUT2D eigenvalue weighted by Crippen LogP contribution is -2.30. The predicted octanol–water partition coefficient (Wildman–Crippen LogP) is 4.05. The molecule has 0 bridgehead atoms. The van der Waals surface area contributed by atoms with Gasteiger partial charge in [0.25, 0.3) is 5.91 Å². The summed E-state index contributed by atoms with van der Waals surface area (Å²) in [4.78, 5) is 17.4. The molecule has 188 valence electrons. The van der Waals surface area contributed by atoms with Crippen LogP contribution in [0.5, 0.6) is 5.75 Å². The number of ether oxygens (including phenoxy) is 1. The van der Waals surface area contributed by atoms with Gasteiger partial charge >= 0.3 is 0 Å². The van der Waals surface area contributed by atoms with E-state index in [9.17, 15) is 9.90 Å². The molecule has 0 unspecified atom stereocenters. The largest absolute Gasteiger partial charge is 0.494 e. The normalized spacial score (nSPS) is 11.6. The van der Waals surface area contributed by atoms with Crippen molar-refractivity contribution in [2.24, 2.45) is 0 Å². The second-order valence-corrected chi connectivity index (χ2v) is 8.59. The lowest BCUT2D eigenvalue weighted by Gasteiger charge is -2.28. The third-order valence-corrected chi connectivity index (χ3v) is 6.47. The van der Waals surface area contributed by atoms with Gasteiger partial charge in [0.05, 0.1) is 24.4 Å². The van der Waals surface area contributed by atoms with E-state index in [-0.39, 0.29) is 5.95 Å². The van der Waals surface area contributed by atoms with Crippen molar-refractivity contribution in [3.8, 4) is 5.75 Å². The zero-order chi connectivity index (χ0) is 26.0. The first-order valence-electron chi connectivity index (χ1n) is 12.1. The number of nitrogens with one attached hydrogen (secondary N) is 1. The van der Waals surface area contributed by atoms with Crippen LogP contribution in [0.1, 0.15) is 46.6 Å². The third-order valence-electron chi connectivity index (χ3n) is 6.47. The molecular formula is C28H28N6O3. The van der Waals surface area contributed by atoms with E-state index >= 15 is 0 Å². The van der Waals surface area contributed by atoms with Gasteiger partial charge in [0.1, 0.15) is 17.8 Å². The molecule has 5 rings (SSSR count). The molecular weight excluding hydrogens is 468 g/mol. The fraction of sp³-hybridized carbons (Fsp3) is 0.214. The highest BCUT2D eigenvalue weighted by Gasteiger charge is 2.39. The smallest absolute Gasteiger partial charge is 0.261 e. The first-order chi connectivity index (χ1) is 18.0. The maximum Gasteiger partial charge on any atom is 0.261 e. The van der Waals surface area contributed by atoms with E-state index in [2.05, 4.69) is 15.4 Å². The quantitative estimate of drug-likeness (QED) is 0.336. The Bertz CT molecular complexity index is 1500. The Labute approximate surface area is 214 Å². The van der Waals surface area contributed by atoms with Gasteiger partial charge in [-0.15, -0.1) is 5.10 Å². The van der Waals surface area contributed by atoms with Crippen LogP contribution in [0.4, 0.5) is 5.95 Å². The van der Waals surface area contributed by atoms with Crippen LogP contribution >= 0.6 is 0 Å². The molecule has 0 saturated carbocycles. The van der Waals surface area contributed by atoms with E-state index < -0.39 is 11.5 Å². The molecule has 0 spiro atoms. The van der Waals surface area contributed by atoms with Crippen molar-refractivity contribution in [3.05, 3.63) is 107 Å². The number of aromatic nitrogens is 5. The fourth-order valence-electron chi connectivity index (χ4n) is 4.57. The predicted molar refractivity (Wildman–Crippen MR) is 140 cm³/mol. The van der Waals surface area contributed by atoms with E-state index in [1.54, 1.807) is 27.8 Å². The van der Waals surface area contributed by atoms with Gasteiger partial charge in [0.2, 0.25) is 5.95 Å². The molecule has 0 atom stereocenters. The average molecular weight is 497 g/mol. The summed E-state index contributed by atoms with van der Waals surface area (Å²) in [5.41, 5.74) is 2.21. The molecule has 0 aliphatic heterocycles. The molecule has 3 heterocycles. The molecule has 0 aliphatic rings. The molecule has 3 aromatic heterocycles. The van der Waals surface area contributed by atoms with Gasteiger partial charge in [-0.05, 0) is 30.5 Å². The number of aliphatic hydroxyl groups is 1. The summed E-state index contributed by atoms with van der Waals surface area (Å²) >= 11 is 0. The van der Waals surface area contributed by atoms with Gasteiger partial charge in [0.15, 0.2) is 5.60 Å². The number of amides is 1. The van der Waals surface area contributed by atoms with E-state index in [0.29, 0.717) is 46.6 Å². The third kappa shape index (κ3) is 4.23. The van der Waals surface area contributed by atoms with Crippen molar-refractivity contribution in [1.29, 1.82) is 0 Å². The molecule has 0 radical (unpaired) electrons. The molecule has 0 aliphatic carbocycles. The first kappa shape index (κ1) is 24.2. The van der Waals surface area contributed by atoms with Crippen LogP contribution in [0, 0.1) is 0 Å². The molecule has 1 amide bonds. The molecule has 5 aromatic rings. The number of rotatable bonds is 8. The minimum Gasteiger partial charge on any atom is -0.494 e. The van der Waals surface area contributed by atoms with Crippen molar-refractivity contribution in [1.82, 2.24) is 24.4 Å². The van der Waals surface area contributed by atoms with Crippen molar-refractivity contribution in [2.75, 3.05) is 12.4 Å². The van der Waals surface area contributed by atoms with Gasteiger partial charge in [-0.3, -0.25) is 14.8 Å². The van der Waals surface area contributed by atoms with E-state index in [4.69, 9.17) is 9.84 Å². The van der Waals surface area contributed by atoms with Gasteiger partial charge in [0, 0.05) is 12.1 Å². The van der Waals surface area contributed by atoms with Crippen molar-refractivity contribution >= 4 is 17.4 Å². The highest BCUT2D eigenvalue weighted by atomic mass is 16.5. The minimum absolute atomic E-state index is 0.209. The van der Waals surface area contributed by atoms with Crippen LogP contribution in [0.3, 0.4) is 0 Å². The van der Waals surface area contributed by atoms with Crippen LogP contribution < -0.4 is 10.1 Å². The zero-order valence-corrected chi connectivity index (χ0v) is 20.9. The Balaban J connectivity index is 1.68. The van der Waals surface area contributed by atoms with Gasteiger partial charge in [-0.1, -0.05) is 67.6 Å². The SMILES string of the molecule is CCc1c(C(O)(c2ccccc2)c2ccccc2)nn2cc(OC)c(C(=O)Nc3ncn(CC)n3)cc12. The lowest BCUT2D eigenvalue weighted by molar-refractivity contribution is 0.102. The van der Waals surface area contributed by atoms with Crippen LogP contribution in [0.25, 0.3) is 5.52 Å². The highest BCUT2D eigenvalue weighted by Crippen LogP contribution is 2.39. The highest BCUT2D eigenvalue weighted by molar-refractivity contribution is 6.06. The monoisotopic (exact) mass is 496 g/mol. The number of aryl methyl sites for hydroxylation is 2. The second kappa shape index (κ2) is 9.87. The van der Waals surface area contributed by atoms with Gasteiger partial charge < -0.3 is 9.84 Å². The summed E-state index contributed by atoms with van der Waals surface area (Å²) in [5.74, 6) is 0.139. The summed E-state index contributed by atoms with van der Waals surface area (Å²) in [5, 5.41) is 24.2. The number of nitrogens with zero attached hydrogens (tertiary/aromatic N) is 5. The number of benzene rings is 2. The molecule has 0 saturated heterocycles. The van der Waals surface area contributed by atoms with Crippen molar-refractivity contribution in [2.45, 2.75) is 32.4 Å². The number of carbonyl (C=O) groups excluding carboxylic acids is 1. The van der Waals surface area contributed by atoms with E-state index in [1.807, 2.05) is 74.5 Å². The Morgan fingerprint density at radius 1 is 1.03 bits per heavy atom. The van der Waals surface area contributed by atoms with Gasteiger partial charge in [-0.25, -0.2) is 9.50 Å². The number of hydrogen-bond acceptors (Lipinski definition) is 6. The van der Waals surface area contributed by atoms with E-state index in [1.165, 1.54) is 7.11 Å². The summed E-state index contributed by atoms with van der Waals surface area (Å²) in [7, 11) is 1.50. The first-order valence-corrected chi connectivity index (χ1v) is 12.1. The zero-order valence-electron chi connectivity index (χ0n) is 20.9. The van der Waals surface area contributed by atoms with Crippen LogP contribution in [0.15, 0.2) is 79.3 Å². The molecule has 2 N–H and O–H groups in total. The van der Waals surface area contributed by atoms with Gasteiger partial charge in [-0.2, -0.15) is 5.10 Å². The Morgan fingerprint density at radius 3 is 2.22 bits per heavy atom. The van der Waals surface area contributed by atoms with E-state index in [0.717, 1.165) is 5.56 Å². The standard InChI is InChI=1S/C28H28N6O3/c1-4-21-23-16-22(26(35)30-27-29-18-33(5-2)32-27)24(37-3)17-34(23)31-25(21)28(36,19-12-8-6-9-13-19)20-14-10-7-11-15-20/h6-18,36H,4-5H2,1-3H3,(H,30,32,35). The lowest BCUT2D eigenvalue weighted by atomic mass is 9.81. The maximum absolute atomic E-state index is 13.2. The Kier molecular flexibility index (Phi) is 6.45. The van der Waals surface area contributed by atoms with Crippen LogP contribution in [-0.4, -0.2) is 42.5 Å². The molecule has 0 fully saturated rings. The summed E-state index contributed by atoms with van der Waals surface area (Å²) in [6.07, 6.45) is 3.79. The van der Waals surface area contributed by atoms with Crippen molar-refractivity contribution in [3.63, 3.8) is 0 Å². The molecule has 9 heteroatoms. The Morgan fingerprint density at radius 2 is 1.68 bits per heavy atom. The number of anilines is 1. The van der Waals surface area contributed by atoms with Crippen LogP contribution in [-0.2, 0) is 18.6 Å².